The van der Waals surface area contributed by atoms with Crippen LogP contribution in [0.2, 0.25) is 0 Å². The van der Waals surface area contributed by atoms with Gasteiger partial charge in [-0.05, 0) is 32.9 Å². The van der Waals surface area contributed by atoms with Crippen molar-refractivity contribution in [3.05, 3.63) is 22.2 Å². The Labute approximate surface area is 123 Å². The van der Waals surface area contributed by atoms with Crippen LogP contribution in [0.4, 0.5) is 0 Å². The summed E-state index contributed by atoms with van der Waals surface area (Å²) in [5.41, 5.74) is 0.994. The summed E-state index contributed by atoms with van der Waals surface area (Å²) in [6, 6.07) is 3.81. The summed E-state index contributed by atoms with van der Waals surface area (Å²) in [5.74, 6) is 1.45. The number of rotatable bonds is 7. The van der Waals surface area contributed by atoms with Crippen LogP contribution in [-0.4, -0.2) is 31.0 Å². The molecule has 4 nitrogen and oxygen atoms in total. The van der Waals surface area contributed by atoms with Crippen molar-refractivity contribution in [3.8, 4) is 11.5 Å². The van der Waals surface area contributed by atoms with Gasteiger partial charge < -0.3 is 19.9 Å². The van der Waals surface area contributed by atoms with Gasteiger partial charge >= 0.3 is 0 Å². The van der Waals surface area contributed by atoms with Gasteiger partial charge in [0, 0.05) is 23.1 Å². The molecule has 0 saturated carbocycles. The first kappa shape index (κ1) is 16.3. The average molecular weight is 332 g/mol. The van der Waals surface area contributed by atoms with Gasteiger partial charge in [-0.1, -0.05) is 15.9 Å². The van der Waals surface area contributed by atoms with Crippen molar-refractivity contribution >= 4 is 15.9 Å². The van der Waals surface area contributed by atoms with E-state index in [2.05, 4.69) is 21.2 Å². The molecule has 0 fully saturated rings. The van der Waals surface area contributed by atoms with Gasteiger partial charge in [-0.3, -0.25) is 0 Å². The van der Waals surface area contributed by atoms with Crippen molar-refractivity contribution in [2.24, 2.45) is 0 Å². The number of nitrogens with one attached hydrogen (secondary N) is 1. The number of benzene rings is 1. The van der Waals surface area contributed by atoms with Crippen LogP contribution in [0.1, 0.15) is 26.3 Å². The van der Waals surface area contributed by atoms with Crippen LogP contribution in [-0.2, 0) is 6.54 Å². The zero-order chi connectivity index (χ0) is 14.4. The van der Waals surface area contributed by atoms with Gasteiger partial charge in [0.15, 0.2) is 11.5 Å². The van der Waals surface area contributed by atoms with Crippen molar-refractivity contribution < 1.29 is 14.6 Å². The summed E-state index contributed by atoms with van der Waals surface area (Å²) < 4.78 is 12.2. The molecule has 1 rings (SSSR count). The Bertz CT molecular complexity index is 408. The molecule has 0 heterocycles. The quantitative estimate of drug-likeness (QED) is 0.806. The van der Waals surface area contributed by atoms with E-state index < -0.39 is 0 Å². The van der Waals surface area contributed by atoms with Crippen LogP contribution in [0.25, 0.3) is 0 Å². The summed E-state index contributed by atoms with van der Waals surface area (Å²) in [5, 5.41) is 12.5. The third-order valence-electron chi connectivity index (χ3n) is 2.48. The van der Waals surface area contributed by atoms with Crippen LogP contribution in [0, 0.1) is 0 Å². The number of hydrogen-bond acceptors (Lipinski definition) is 4. The third-order valence-corrected chi connectivity index (χ3v) is 3.23. The number of methoxy groups -OCH3 is 1. The van der Waals surface area contributed by atoms with Gasteiger partial charge in [0.05, 0.1) is 19.3 Å². The summed E-state index contributed by atoms with van der Waals surface area (Å²) in [4.78, 5) is 0. The van der Waals surface area contributed by atoms with Gasteiger partial charge in [0.25, 0.3) is 0 Å². The molecule has 2 N–H and O–H groups in total. The Morgan fingerprint density at radius 3 is 2.53 bits per heavy atom. The molecule has 0 radical (unpaired) electrons. The highest BCUT2D eigenvalue weighted by Gasteiger charge is 2.15. The lowest BCUT2D eigenvalue weighted by Gasteiger charge is -2.19. The Morgan fingerprint density at radius 2 is 2.00 bits per heavy atom. The standard InChI is InChI=1S/C14H22BrNO3/c1-9(2)19-14-11(8-16-7-10(3)17)12(15)5-6-13(14)18-4/h5-6,9-10,16-17H,7-8H2,1-4H3. The lowest BCUT2D eigenvalue weighted by molar-refractivity contribution is 0.190. The minimum absolute atomic E-state index is 0.0683. The summed E-state index contributed by atoms with van der Waals surface area (Å²) >= 11 is 3.53. The number of aliphatic hydroxyl groups excluding tert-OH is 1. The van der Waals surface area contributed by atoms with Gasteiger partial charge in [-0.2, -0.15) is 0 Å². The maximum atomic E-state index is 9.29. The zero-order valence-corrected chi connectivity index (χ0v) is 13.5. The minimum atomic E-state index is -0.376. The predicted molar refractivity (Wildman–Crippen MR) is 79.8 cm³/mol. The van der Waals surface area contributed by atoms with Crippen LogP contribution in [0.5, 0.6) is 11.5 Å². The van der Waals surface area contributed by atoms with Crippen LogP contribution < -0.4 is 14.8 Å². The van der Waals surface area contributed by atoms with Crippen LogP contribution >= 0.6 is 15.9 Å². The van der Waals surface area contributed by atoms with Crippen molar-refractivity contribution in [2.75, 3.05) is 13.7 Å². The predicted octanol–water partition coefficient (Wildman–Crippen LogP) is 2.72. The molecule has 1 aromatic carbocycles. The normalized spacial score (nSPS) is 12.6. The van der Waals surface area contributed by atoms with E-state index in [4.69, 9.17) is 9.47 Å². The number of hydrogen-bond donors (Lipinski definition) is 2. The molecule has 19 heavy (non-hydrogen) atoms. The minimum Gasteiger partial charge on any atom is -0.493 e. The molecule has 1 unspecified atom stereocenters. The van der Waals surface area contributed by atoms with E-state index >= 15 is 0 Å². The van der Waals surface area contributed by atoms with Crippen molar-refractivity contribution in [3.63, 3.8) is 0 Å². The molecule has 5 heteroatoms. The van der Waals surface area contributed by atoms with Crippen molar-refractivity contribution in [1.29, 1.82) is 0 Å². The molecule has 0 aromatic heterocycles. The second-order valence-electron chi connectivity index (χ2n) is 4.70. The van der Waals surface area contributed by atoms with Crippen LogP contribution in [0.3, 0.4) is 0 Å². The first-order valence-electron chi connectivity index (χ1n) is 6.36. The first-order chi connectivity index (χ1) is 8.95. The van der Waals surface area contributed by atoms with Crippen molar-refractivity contribution in [1.82, 2.24) is 5.32 Å². The highest BCUT2D eigenvalue weighted by molar-refractivity contribution is 9.10. The Hall–Kier alpha value is -0.780. The number of ether oxygens (including phenoxy) is 2. The lowest BCUT2D eigenvalue weighted by atomic mass is 10.1. The van der Waals surface area contributed by atoms with Crippen molar-refractivity contribution in [2.45, 2.75) is 39.5 Å². The second-order valence-corrected chi connectivity index (χ2v) is 5.56. The second kappa shape index (κ2) is 7.72. The topological polar surface area (TPSA) is 50.7 Å². The van der Waals surface area contributed by atoms with Gasteiger partial charge in [-0.25, -0.2) is 0 Å². The van der Waals surface area contributed by atoms with E-state index in [0.29, 0.717) is 18.8 Å². The monoisotopic (exact) mass is 331 g/mol. The number of aliphatic hydroxyl groups is 1. The first-order valence-corrected chi connectivity index (χ1v) is 7.15. The fourth-order valence-corrected chi connectivity index (χ4v) is 2.13. The maximum Gasteiger partial charge on any atom is 0.167 e. The summed E-state index contributed by atoms with van der Waals surface area (Å²) in [6.07, 6.45) is -0.308. The molecule has 0 aliphatic heterocycles. The highest BCUT2D eigenvalue weighted by Crippen LogP contribution is 2.36. The smallest absolute Gasteiger partial charge is 0.167 e. The Balaban J connectivity index is 2.97. The molecule has 1 aromatic rings. The zero-order valence-electron chi connectivity index (χ0n) is 11.9. The van der Waals surface area contributed by atoms with E-state index in [-0.39, 0.29) is 12.2 Å². The Kier molecular flexibility index (Phi) is 6.62. The molecule has 108 valence electrons. The van der Waals surface area contributed by atoms with Gasteiger partial charge in [-0.15, -0.1) is 0 Å². The molecule has 0 saturated heterocycles. The average Bonchev–Trinajstić information content (AvgIpc) is 2.32. The fraction of sp³-hybridized carbons (Fsp3) is 0.571. The van der Waals surface area contributed by atoms with Gasteiger partial charge in [0.2, 0.25) is 0 Å². The largest absolute Gasteiger partial charge is 0.493 e. The summed E-state index contributed by atoms with van der Waals surface area (Å²) in [7, 11) is 1.63. The van der Waals surface area contributed by atoms with E-state index in [1.165, 1.54) is 0 Å². The molecule has 0 amide bonds. The molecule has 0 bridgehead atoms. The van der Waals surface area contributed by atoms with E-state index in [1.807, 2.05) is 26.0 Å². The molecular weight excluding hydrogens is 310 g/mol. The van der Waals surface area contributed by atoms with Crippen LogP contribution in [0.15, 0.2) is 16.6 Å². The molecule has 0 spiro atoms. The molecule has 1 atom stereocenters. The molecule has 0 aliphatic carbocycles. The summed E-state index contributed by atoms with van der Waals surface area (Å²) in [6.45, 7) is 6.84. The van der Waals surface area contributed by atoms with E-state index in [0.717, 1.165) is 15.8 Å². The SMILES string of the molecule is COc1ccc(Br)c(CNCC(C)O)c1OC(C)C. The third kappa shape index (κ3) is 5.01. The lowest BCUT2D eigenvalue weighted by Crippen LogP contribution is -2.24. The fourth-order valence-electron chi connectivity index (χ4n) is 1.68. The molecular formula is C14H22BrNO3. The Morgan fingerprint density at radius 1 is 1.32 bits per heavy atom. The van der Waals surface area contributed by atoms with E-state index in [9.17, 15) is 5.11 Å². The maximum absolute atomic E-state index is 9.29. The molecule has 0 aliphatic rings. The highest BCUT2D eigenvalue weighted by atomic mass is 79.9. The van der Waals surface area contributed by atoms with E-state index in [1.54, 1.807) is 14.0 Å². The number of halogens is 1. The van der Waals surface area contributed by atoms with Gasteiger partial charge in [0.1, 0.15) is 0 Å².